The third-order valence-corrected chi connectivity index (χ3v) is 4.82. The Balaban J connectivity index is 1.65. The zero-order chi connectivity index (χ0) is 22.3. The lowest BCUT2D eigenvalue weighted by Crippen LogP contribution is -2.34. The number of amidine groups is 1. The van der Waals surface area contributed by atoms with Crippen LogP contribution in [0.5, 0.6) is 5.75 Å². The summed E-state index contributed by atoms with van der Waals surface area (Å²) in [7, 11) is 0. The molecule has 0 saturated heterocycles. The van der Waals surface area contributed by atoms with Gasteiger partial charge in [0.1, 0.15) is 28.8 Å². The van der Waals surface area contributed by atoms with E-state index in [0.717, 1.165) is 18.2 Å². The molecule has 11 heteroatoms. The van der Waals surface area contributed by atoms with Crippen molar-refractivity contribution in [1.29, 1.82) is 0 Å². The maximum absolute atomic E-state index is 13.7. The van der Waals surface area contributed by atoms with E-state index < -0.39 is 24.0 Å². The fourth-order valence-corrected chi connectivity index (χ4v) is 3.22. The van der Waals surface area contributed by atoms with Gasteiger partial charge < -0.3 is 15.4 Å². The molecule has 1 atom stereocenters. The summed E-state index contributed by atoms with van der Waals surface area (Å²) >= 11 is 0. The first-order chi connectivity index (χ1) is 14.6. The molecule has 0 radical (unpaired) electrons. The molecule has 0 spiro atoms. The van der Waals surface area contributed by atoms with Gasteiger partial charge in [0.15, 0.2) is 5.65 Å². The van der Waals surface area contributed by atoms with Crippen molar-refractivity contribution in [2.24, 2.45) is 4.99 Å². The molecule has 1 amide bonds. The Kier molecular flexibility index (Phi) is 5.03. The van der Waals surface area contributed by atoms with Crippen LogP contribution in [0.2, 0.25) is 0 Å². The van der Waals surface area contributed by atoms with Crippen LogP contribution in [-0.2, 0) is 4.79 Å². The minimum Gasteiger partial charge on any atom is -0.434 e. The van der Waals surface area contributed by atoms with Crippen molar-refractivity contribution in [3.63, 3.8) is 0 Å². The number of hydrogen-bond donors (Lipinski definition) is 2. The van der Waals surface area contributed by atoms with Gasteiger partial charge in [0.05, 0.1) is 17.8 Å². The molecule has 8 nitrogen and oxygen atoms in total. The predicted octanol–water partition coefficient (Wildman–Crippen LogP) is 3.30. The normalized spacial score (nSPS) is 16.4. The van der Waals surface area contributed by atoms with Gasteiger partial charge >= 0.3 is 6.61 Å². The quantitative estimate of drug-likeness (QED) is 0.624. The van der Waals surface area contributed by atoms with Gasteiger partial charge in [0.2, 0.25) is 0 Å². The van der Waals surface area contributed by atoms with Crippen LogP contribution in [-0.4, -0.2) is 38.5 Å². The molecular formula is C20H19F3N6O2. The monoisotopic (exact) mass is 432 g/mol. The summed E-state index contributed by atoms with van der Waals surface area (Å²) in [6.07, 6.45) is 3.18. The maximum Gasteiger partial charge on any atom is 0.387 e. The average Bonchev–Trinajstić information content (AvgIpc) is 3.22. The molecule has 1 aliphatic rings. The van der Waals surface area contributed by atoms with Gasteiger partial charge in [-0.05, 0) is 45.0 Å². The largest absolute Gasteiger partial charge is 0.434 e. The summed E-state index contributed by atoms with van der Waals surface area (Å²) in [5.41, 5.74) is 0.275. The molecule has 0 bridgehead atoms. The van der Waals surface area contributed by atoms with Gasteiger partial charge in [0.25, 0.3) is 5.91 Å². The van der Waals surface area contributed by atoms with Crippen LogP contribution in [0.15, 0.2) is 41.7 Å². The number of fused-ring (bicyclic) bond motifs is 1. The third-order valence-electron chi connectivity index (χ3n) is 4.82. The van der Waals surface area contributed by atoms with Crippen LogP contribution < -0.4 is 15.4 Å². The molecule has 1 aliphatic heterocycles. The van der Waals surface area contributed by atoms with Crippen molar-refractivity contribution in [3.8, 4) is 5.75 Å². The SMILES string of the molecule is C[C@@H](Nc1ccn2ncc(C3=NC(C)(C)C(=O)N3)c2n1)c1cc(F)ccc1OC(F)F. The third kappa shape index (κ3) is 4.03. The van der Waals surface area contributed by atoms with Gasteiger partial charge in [-0.1, -0.05) is 0 Å². The Hall–Kier alpha value is -3.63. The van der Waals surface area contributed by atoms with Gasteiger partial charge in [-0.25, -0.2) is 13.9 Å². The summed E-state index contributed by atoms with van der Waals surface area (Å²) in [5.74, 6) is -0.196. The smallest absolute Gasteiger partial charge is 0.387 e. The van der Waals surface area contributed by atoms with E-state index in [9.17, 15) is 18.0 Å². The van der Waals surface area contributed by atoms with E-state index in [1.54, 1.807) is 33.0 Å². The molecule has 0 saturated carbocycles. The van der Waals surface area contributed by atoms with Crippen LogP contribution >= 0.6 is 0 Å². The number of benzene rings is 1. The molecule has 3 heterocycles. The summed E-state index contributed by atoms with van der Waals surface area (Å²) in [6, 6.07) is 4.36. The van der Waals surface area contributed by atoms with E-state index in [1.807, 2.05) is 0 Å². The Morgan fingerprint density at radius 1 is 1.26 bits per heavy atom. The van der Waals surface area contributed by atoms with Gasteiger partial charge in [-0.2, -0.15) is 13.9 Å². The van der Waals surface area contributed by atoms with Crippen LogP contribution in [0.25, 0.3) is 5.65 Å². The highest BCUT2D eigenvalue weighted by atomic mass is 19.3. The van der Waals surface area contributed by atoms with Gasteiger partial charge in [0, 0.05) is 11.8 Å². The summed E-state index contributed by atoms with van der Waals surface area (Å²) < 4.78 is 45.2. The Labute approximate surface area is 175 Å². The molecule has 0 aliphatic carbocycles. The first-order valence-electron chi connectivity index (χ1n) is 9.41. The first-order valence-corrected chi connectivity index (χ1v) is 9.41. The topological polar surface area (TPSA) is 92.9 Å². The predicted molar refractivity (Wildman–Crippen MR) is 107 cm³/mol. The summed E-state index contributed by atoms with van der Waals surface area (Å²) in [5, 5.41) is 9.99. The number of rotatable bonds is 6. The number of anilines is 1. The highest BCUT2D eigenvalue weighted by molar-refractivity contribution is 6.17. The number of carbonyl (C=O) groups excluding carboxylic acids is 1. The molecule has 2 aromatic heterocycles. The standard InChI is InChI=1S/C20H19F3N6O2/c1-10(12-8-11(21)4-5-14(12)31-19(22)23)25-15-6-7-29-17(26-15)13(9-24-29)16-27-18(30)20(2,3)28-16/h4-10,19H,1-3H3,(H,25,26)(H,27,28,30)/t10-/m1/s1. The number of nitrogens with zero attached hydrogens (tertiary/aromatic N) is 4. The van der Waals surface area contributed by atoms with Gasteiger partial charge in [-0.3, -0.25) is 9.79 Å². The highest BCUT2D eigenvalue weighted by Crippen LogP contribution is 2.30. The van der Waals surface area contributed by atoms with Crippen molar-refractivity contribution in [2.75, 3.05) is 5.32 Å². The molecule has 3 aromatic rings. The molecule has 31 heavy (non-hydrogen) atoms. The van der Waals surface area contributed by atoms with Crippen LogP contribution in [0.1, 0.15) is 37.9 Å². The molecule has 2 N–H and O–H groups in total. The lowest BCUT2D eigenvalue weighted by atomic mass is 10.1. The Morgan fingerprint density at radius 3 is 2.71 bits per heavy atom. The van der Waals surface area contributed by atoms with E-state index in [0.29, 0.717) is 22.9 Å². The number of aliphatic imine (C=N–C) groups is 1. The number of alkyl halides is 2. The van der Waals surface area contributed by atoms with E-state index >= 15 is 0 Å². The van der Waals surface area contributed by atoms with E-state index in [-0.39, 0.29) is 17.2 Å². The number of halogens is 3. The second-order valence-electron chi connectivity index (χ2n) is 7.54. The minimum atomic E-state index is -3.04. The Bertz CT molecular complexity index is 1190. The van der Waals surface area contributed by atoms with Crippen molar-refractivity contribution in [1.82, 2.24) is 19.9 Å². The molecule has 0 unspecified atom stereocenters. The first kappa shape index (κ1) is 20.6. The fraction of sp³-hybridized carbons (Fsp3) is 0.300. The second-order valence-corrected chi connectivity index (χ2v) is 7.54. The number of carbonyl (C=O) groups is 1. The molecule has 0 fully saturated rings. The van der Waals surface area contributed by atoms with Crippen molar-refractivity contribution < 1.29 is 22.7 Å². The lowest BCUT2D eigenvalue weighted by Gasteiger charge is -2.19. The number of nitrogens with one attached hydrogen (secondary N) is 2. The molecule has 1 aromatic carbocycles. The van der Waals surface area contributed by atoms with Crippen LogP contribution in [0.4, 0.5) is 19.0 Å². The maximum atomic E-state index is 13.7. The number of hydrogen-bond acceptors (Lipinski definition) is 6. The van der Waals surface area contributed by atoms with E-state index in [4.69, 9.17) is 0 Å². The number of aromatic nitrogens is 3. The van der Waals surface area contributed by atoms with Crippen LogP contribution in [0, 0.1) is 5.82 Å². The number of amides is 1. The van der Waals surface area contributed by atoms with Crippen molar-refractivity contribution in [2.45, 2.75) is 39.0 Å². The van der Waals surface area contributed by atoms with Crippen LogP contribution in [0.3, 0.4) is 0 Å². The Morgan fingerprint density at radius 2 is 2.03 bits per heavy atom. The second kappa shape index (κ2) is 7.56. The fourth-order valence-electron chi connectivity index (χ4n) is 3.22. The molecule has 162 valence electrons. The number of ether oxygens (including phenoxy) is 1. The van der Waals surface area contributed by atoms with E-state index in [2.05, 4.69) is 30.4 Å². The van der Waals surface area contributed by atoms with E-state index in [1.165, 1.54) is 10.7 Å². The summed E-state index contributed by atoms with van der Waals surface area (Å²) in [6.45, 7) is 2.02. The minimum absolute atomic E-state index is 0.132. The average molecular weight is 432 g/mol. The molecular weight excluding hydrogens is 413 g/mol. The highest BCUT2D eigenvalue weighted by Gasteiger charge is 2.35. The van der Waals surface area contributed by atoms with Gasteiger partial charge in [-0.15, -0.1) is 0 Å². The zero-order valence-corrected chi connectivity index (χ0v) is 16.9. The summed E-state index contributed by atoms with van der Waals surface area (Å²) in [4.78, 5) is 21.0. The van der Waals surface area contributed by atoms with Crippen molar-refractivity contribution >= 4 is 23.2 Å². The lowest BCUT2D eigenvalue weighted by molar-refractivity contribution is -0.122. The zero-order valence-electron chi connectivity index (χ0n) is 16.9. The van der Waals surface area contributed by atoms with Crippen molar-refractivity contribution in [3.05, 3.63) is 53.6 Å². The molecule has 4 rings (SSSR count).